The summed E-state index contributed by atoms with van der Waals surface area (Å²) in [7, 11) is 0. The standard InChI is InChI=1S/C16H18Cl2N2O3S/c1-3-5-8-22-15(21)13(4-2)24-16-20-19-14(23-16)11-7-6-10(17)9-12(11)18/h6-7,9,13H,3-5,8H2,1-2H3. The van der Waals surface area contributed by atoms with Gasteiger partial charge in [0.25, 0.3) is 5.22 Å². The van der Waals surface area contributed by atoms with E-state index in [1.807, 2.05) is 13.8 Å². The third-order valence-electron chi connectivity index (χ3n) is 3.19. The summed E-state index contributed by atoms with van der Waals surface area (Å²) in [6, 6.07) is 5.01. The summed E-state index contributed by atoms with van der Waals surface area (Å²) in [4.78, 5) is 12.1. The number of carbonyl (C=O) groups excluding carboxylic acids is 1. The number of ether oxygens (including phenoxy) is 1. The maximum atomic E-state index is 12.1. The zero-order valence-corrected chi connectivity index (χ0v) is 15.7. The molecule has 0 saturated heterocycles. The number of hydrogen-bond acceptors (Lipinski definition) is 6. The van der Waals surface area contributed by atoms with Crippen LogP contribution >= 0.6 is 35.0 Å². The number of esters is 1. The van der Waals surface area contributed by atoms with Crippen molar-refractivity contribution in [3.63, 3.8) is 0 Å². The van der Waals surface area contributed by atoms with Crippen molar-refractivity contribution in [1.82, 2.24) is 10.2 Å². The summed E-state index contributed by atoms with van der Waals surface area (Å²) < 4.78 is 10.8. The topological polar surface area (TPSA) is 65.2 Å². The van der Waals surface area contributed by atoms with Crippen molar-refractivity contribution in [3.8, 4) is 11.5 Å². The molecule has 8 heteroatoms. The molecule has 5 nitrogen and oxygen atoms in total. The number of thioether (sulfide) groups is 1. The van der Waals surface area contributed by atoms with Gasteiger partial charge < -0.3 is 9.15 Å². The lowest BCUT2D eigenvalue weighted by Gasteiger charge is -2.11. The van der Waals surface area contributed by atoms with E-state index >= 15 is 0 Å². The fourth-order valence-corrected chi connectivity index (χ4v) is 3.14. The van der Waals surface area contributed by atoms with E-state index in [2.05, 4.69) is 10.2 Å². The van der Waals surface area contributed by atoms with E-state index in [-0.39, 0.29) is 17.1 Å². The maximum Gasteiger partial charge on any atom is 0.319 e. The SMILES string of the molecule is CCCCOC(=O)C(CC)Sc1nnc(-c2ccc(Cl)cc2Cl)o1. The van der Waals surface area contributed by atoms with Gasteiger partial charge in [0, 0.05) is 5.02 Å². The molecule has 1 atom stereocenters. The van der Waals surface area contributed by atoms with Crippen molar-refractivity contribution in [2.24, 2.45) is 0 Å². The number of halogens is 2. The van der Waals surface area contributed by atoms with Crippen LogP contribution in [0.4, 0.5) is 0 Å². The second-order valence-electron chi connectivity index (χ2n) is 5.03. The summed E-state index contributed by atoms with van der Waals surface area (Å²) in [6.07, 6.45) is 2.44. The molecule has 1 unspecified atom stereocenters. The van der Waals surface area contributed by atoms with E-state index in [4.69, 9.17) is 32.4 Å². The molecule has 0 aliphatic carbocycles. The fraction of sp³-hybridized carbons (Fsp3) is 0.438. The number of rotatable bonds is 8. The smallest absolute Gasteiger partial charge is 0.319 e. The first-order valence-corrected chi connectivity index (χ1v) is 9.30. The van der Waals surface area contributed by atoms with Crippen molar-refractivity contribution in [3.05, 3.63) is 28.2 Å². The highest BCUT2D eigenvalue weighted by molar-refractivity contribution is 8.00. The lowest BCUT2D eigenvalue weighted by atomic mass is 10.2. The molecule has 0 aliphatic rings. The van der Waals surface area contributed by atoms with Crippen LogP contribution in [0.15, 0.2) is 27.8 Å². The number of carbonyl (C=O) groups is 1. The molecule has 2 rings (SSSR count). The normalized spacial score (nSPS) is 12.2. The van der Waals surface area contributed by atoms with Gasteiger partial charge in [0.15, 0.2) is 0 Å². The summed E-state index contributed by atoms with van der Waals surface area (Å²) >= 11 is 13.2. The van der Waals surface area contributed by atoms with E-state index in [0.29, 0.717) is 33.9 Å². The van der Waals surface area contributed by atoms with Crippen LogP contribution in [0.25, 0.3) is 11.5 Å². The second-order valence-corrected chi connectivity index (χ2v) is 7.03. The molecule has 0 N–H and O–H groups in total. The molecule has 0 amide bonds. The molecule has 1 aromatic heterocycles. The summed E-state index contributed by atoms with van der Waals surface area (Å²) in [5.41, 5.74) is 0.596. The molecule has 1 heterocycles. The van der Waals surface area contributed by atoms with Gasteiger partial charge in [-0.15, -0.1) is 10.2 Å². The van der Waals surface area contributed by atoms with Crippen LogP contribution in [0, 0.1) is 0 Å². The van der Waals surface area contributed by atoms with E-state index in [1.54, 1.807) is 18.2 Å². The van der Waals surface area contributed by atoms with Crippen LogP contribution in [0.5, 0.6) is 0 Å². The average Bonchev–Trinajstić information content (AvgIpc) is 3.01. The predicted molar refractivity (Wildman–Crippen MR) is 95.6 cm³/mol. The third-order valence-corrected chi connectivity index (χ3v) is 4.91. The Hall–Kier alpha value is -1.24. The van der Waals surface area contributed by atoms with Crippen LogP contribution in [-0.4, -0.2) is 28.0 Å². The van der Waals surface area contributed by atoms with Gasteiger partial charge in [-0.1, -0.05) is 55.2 Å². The predicted octanol–water partition coefficient (Wildman–Crippen LogP) is 5.26. The molecule has 2 aromatic rings. The molecular weight excluding hydrogens is 371 g/mol. The largest absolute Gasteiger partial charge is 0.465 e. The molecule has 0 aliphatic heterocycles. The zero-order valence-electron chi connectivity index (χ0n) is 13.4. The van der Waals surface area contributed by atoms with Gasteiger partial charge in [-0.25, -0.2) is 0 Å². The van der Waals surface area contributed by atoms with Crippen LogP contribution in [0.3, 0.4) is 0 Å². The summed E-state index contributed by atoms with van der Waals surface area (Å²) in [6.45, 7) is 4.38. The highest BCUT2D eigenvalue weighted by Crippen LogP contribution is 2.32. The number of nitrogens with zero attached hydrogens (tertiary/aromatic N) is 2. The average molecular weight is 389 g/mol. The Morgan fingerprint density at radius 2 is 2.12 bits per heavy atom. The highest BCUT2D eigenvalue weighted by Gasteiger charge is 2.23. The number of unbranched alkanes of at least 4 members (excludes halogenated alkanes) is 1. The highest BCUT2D eigenvalue weighted by atomic mass is 35.5. The van der Waals surface area contributed by atoms with Crippen molar-refractivity contribution >= 4 is 40.9 Å². The van der Waals surface area contributed by atoms with Gasteiger partial charge >= 0.3 is 5.97 Å². The second kappa shape index (κ2) is 9.30. The first-order chi connectivity index (χ1) is 11.5. The monoisotopic (exact) mass is 388 g/mol. The Morgan fingerprint density at radius 1 is 1.33 bits per heavy atom. The minimum Gasteiger partial charge on any atom is -0.465 e. The lowest BCUT2D eigenvalue weighted by molar-refractivity contribution is -0.143. The number of benzene rings is 1. The maximum absolute atomic E-state index is 12.1. The lowest BCUT2D eigenvalue weighted by Crippen LogP contribution is -2.20. The molecular formula is C16H18Cl2N2O3S. The van der Waals surface area contributed by atoms with Gasteiger partial charge in [0.1, 0.15) is 5.25 Å². The first kappa shape index (κ1) is 19.1. The molecule has 0 fully saturated rings. The van der Waals surface area contributed by atoms with Gasteiger partial charge in [-0.3, -0.25) is 4.79 Å². The Morgan fingerprint density at radius 3 is 2.79 bits per heavy atom. The van der Waals surface area contributed by atoms with Crippen LogP contribution in [0.2, 0.25) is 10.0 Å². The molecule has 24 heavy (non-hydrogen) atoms. The molecule has 0 bridgehead atoms. The molecule has 0 saturated carbocycles. The minimum atomic E-state index is -0.379. The van der Waals surface area contributed by atoms with Crippen molar-refractivity contribution in [2.75, 3.05) is 6.61 Å². The van der Waals surface area contributed by atoms with E-state index in [0.717, 1.165) is 12.8 Å². The van der Waals surface area contributed by atoms with Crippen molar-refractivity contribution in [1.29, 1.82) is 0 Å². The first-order valence-electron chi connectivity index (χ1n) is 7.67. The Labute approximate surface area is 155 Å². The number of aromatic nitrogens is 2. The van der Waals surface area contributed by atoms with E-state index in [9.17, 15) is 4.79 Å². The van der Waals surface area contributed by atoms with Gasteiger partial charge in [-0.2, -0.15) is 0 Å². The van der Waals surface area contributed by atoms with Crippen LogP contribution in [-0.2, 0) is 9.53 Å². The van der Waals surface area contributed by atoms with Crippen molar-refractivity contribution in [2.45, 2.75) is 43.6 Å². The van der Waals surface area contributed by atoms with E-state index in [1.165, 1.54) is 11.8 Å². The molecule has 130 valence electrons. The Kier molecular flexibility index (Phi) is 7.40. The molecule has 0 spiro atoms. The summed E-state index contributed by atoms with van der Waals surface area (Å²) in [5, 5.41) is 8.83. The fourth-order valence-electron chi connectivity index (χ4n) is 1.86. The minimum absolute atomic E-state index is 0.264. The van der Waals surface area contributed by atoms with Gasteiger partial charge in [0.05, 0.1) is 17.2 Å². The molecule has 0 radical (unpaired) electrons. The number of hydrogen-bond donors (Lipinski definition) is 0. The van der Waals surface area contributed by atoms with Gasteiger partial charge in [0.2, 0.25) is 5.89 Å². The third kappa shape index (κ3) is 5.13. The van der Waals surface area contributed by atoms with Crippen LogP contribution in [0.1, 0.15) is 33.1 Å². The zero-order chi connectivity index (χ0) is 17.5. The Bertz CT molecular complexity index is 694. The van der Waals surface area contributed by atoms with Gasteiger partial charge in [-0.05, 0) is 31.0 Å². The van der Waals surface area contributed by atoms with E-state index < -0.39 is 0 Å². The van der Waals surface area contributed by atoms with Crippen LogP contribution < -0.4 is 0 Å². The van der Waals surface area contributed by atoms with Crippen molar-refractivity contribution < 1.29 is 13.9 Å². The Balaban J connectivity index is 2.05. The molecule has 1 aromatic carbocycles. The summed E-state index contributed by atoms with van der Waals surface area (Å²) in [5.74, 6) is 0.0218. The quantitative estimate of drug-likeness (QED) is 0.349.